The van der Waals surface area contributed by atoms with Crippen molar-refractivity contribution in [1.29, 1.82) is 0 Å². The first-order valence-corrected chi connectivity index (χ1v) is 9.38. The predicted octanol–water partition coefficient (Wildman–Crippen LogP) is 2.53. The lowest BCUT2D eigenvalue weighted by atomic mass is 9.60. The molecule has 132 valence electrons. The molecule has 0 aromatic carbocycles. The molecule has 3 aliphatic rings. The Labute approximate surface area is 139 Å². The predicted molar refractivity (Wildman–Crippen MR) is 89.2 cm³/mol. The minimum Gasteiger partial charge on any atom is -0.393 e. The van der Waals surface area contributed by atoms with Gasteiger partial charge in [0, 0.05) is 37.6 Å². The maximum atomic E-state index is 12.5. The molecule has 23 heavy (non-hydrogen) atoms. The number of rotatable bonds is 5. The number of amides is 2. The minimum absolute atomic E-state index is 0.00956. The Morgan fingerprint density at radius 3 is 2.65 bits per heavy atom. The van der Waals surface area contributed by atoms with Crippen LogP contribution in [0.25, 0.3) is 0 Å². The lowest BCUT2D eigenvalue weighted by molar-refractivity contribution is -0.127. The van der Waals surface area contributed by atoms with Gasteiger partial charge in [0.1, 0.15) is 0 Å². The second kappa shape index (κ2) is 6.98. The Bertz CT molecular complexity index is 422. The van der Waals surface area contributed by atoms with Gasteiger partial charge in [0.25, 0.3) is 0 Å². The Balaban J connectivity index is 1.53. The lowest BCUT2D eigenvalue weighted by Gasteiger charge is -2.54. The zero-order valence-electron chi connectivity index (χ0n) is 14.6. The molecule has 5 nitrogen and oxygen atoms in total. The number of ether oxygens (including phenoxy) is 1. The summed E-state index contributed by atoms with van der Waals surface area (Å²) in [5.41, 5.74) is 0.180. The minimum atomic E-state index is -0.238. The van der Waals surface area contributed by atoms with E-state index in [1.165, 1.54) is 25.7 Å². The summed E-state index contributed by atoms with van der Waals surface area (Å²) >= 11 is 0. The maximum Gasteiger partial charge on any atom is 0.317 e. The van der Waals surface area contributed by atoms with E-state index in [1.807, 2.05) is 7.05 Å². The number of hydrogen-bond acceptors (Lipinski definition) is 3. The van der Waals surface area contributed by atoms with Gasteiger partial charge in [-0.15, -0.1) is 0 Å². The molecular formula is C18H32N2O3. The van der Waals surface area contributed by atoms with Gasteiger partial charge in [0.05, 0.1) is 12.2 Å². The largest absolute Gasteiger partial charge is 0.393 e. The third kappa shape index (κ3) is 3.22. The smallest absolute Gasteiger partial charge is 0.317 e. The highest BCUT2D eigenvalue weighted by Gasteiger charge is 2.57. The molecule has 2 N–H and O–H groups in total. The van der Waals surface area contributed by atoms with Crippen LogP contribution in [0.15, 0.2) is 0 Å². The molecule has 2 amide bonds. The number of aliphatic hydroxyl groups excluding tert-OH is 1. The zero-order valence-corrected chi connectivity index (χ0v) is 14.6. The van der Waals surface area contributed by atoms with Crippen molar-refractivity contribution in [2.24, 2.45) is 11.3 Å². The standard InChI is InChI=1S/C18H32N2O3/c1-3-23-16-11-15(18(16)9-4-5-10-18)19-17(22)20(2)12-13-7-6-8-14(13)21/h13-16,21H,3-12H2,1-2H3,(H,19,22). The number of nitrogens with zero attached hydrogens (tertiary/aromatic N) is 1. The average Bonchev–Trinajstić information content (AvgIpc) is 3.17. The molecule has 0 heterocycles. The van der Waals surface area contributed by atoms with E-state index in [0.717, 1.165) is 32.3 Å². The van der Waals surface area contributed by atoms with Gasteiger partial charge in [0.2, 0.25) is 0 Å². The fraction of sp³-hybridized carbons (Fsp3) is 0.944. The molecule has 0 radical (unpaired) electrons. The van der Waals surface area contributed by atoms with Crippen LogP contribution in [0.3, 0.4) is 0 Å². The van der Waals surface area contributed by atoms with Crippen molar-refractivity contribution in [2.75, 3.05) is 20.2 Å². The van der Waals surface area contributed by atoms with Gasteiger partial charge in [-0.25, -0.2) is 4.79 Å². The molecule has 3 aliphatic carbocycles. The Morgan fingerprint density at radius 2 is 2.04 bits per heavy atom. The van der Waals surface area contributed by atoms with Gasteiger partial charge in [-0.3, -0.25) is 0 Å². The molecular weight excluding hydrogens is 292 g/mol. The Kier molecular flexibility index (Phi) is 5.16. The molecule has 0 bridgehead atoms. The van der Waals surface area contributed by atoms with Crippen LogP contribution < -0.4 is 5.32 Å². The van der Waals surface area contributed by atoms with E-state index >= 15 is 0 Å². The fourth-order valence-corrected chi connectivity index (χ4v) is 5.01. The van der Waals surface area contributed by atoms with Crippen molar-refractivity contribution in [1.82, 2.24) is 10.2 Å². The fourth-order valence-electron chi connectivity index (χ4n) is 5.01. The summed E-state index contributed by atoms with van der Waals surface area (Å²) in [5.74, 6) is 0.240. The SMILES string of the molecule is CCOC1CC(NC(=O)N(C)CC2CCCC2O)C12CCCC2. The maximum absolute atomic E-state index is 12.5. The number of carbonyl (C=O) groups excluding carboxylic acids is 1. The van der Waals surface area contributed by atoms with Crippen molar-refractivity contribution in [3.63, 3.8) is 0 Å². The second-order valence-electron chi connectivity index (χ2n) is 7.76. The van der Waals surface area contributed by atoms with Crippen molar-refractivity contribution in [2.45, 2.75) is 76.5 Å². The van der Waals surface area contributed by atoms with Crippen LogP contribution in [0.1, 0.15) is 58.3 Å². The second-order valence-corrected chi connectivity index (χ2v) is 7.76. The number of carbonyl (C=O) groups is 1. The van der Waals surface area contributed by atoms with E-state index in [9.17, 15) is 9.90 Å². The number of nitrogens with one attached hydrogen (secondary N) is 1. The molecule has 3 rings (SSSR count). The van der Waals surface area contributed by atoms with Crippen molar-refractivity contribution < 1.29 is 14.6 Å². The number of hydrogen-bond donors (Lipinski definition) is 2. The summed E-state index contributed by atoms with van der Waals surface area (Å²) in [4.78, 5) is 14.3. The van der Waals surface area contributed by atoms with Gasteiger partial charge < -0.3 is 20.1 Å². The van der Waals surface area contributed by atoms with Gasteiger partial charge in [-0.05, 0) is 39.0 Å². The first-order chi connectivity index (χ1) is 11.1. The molecule has 4 unspecified atom stereocenters. The quantitative estimate of drug-likeness (QED) is 0.817. The van der Waals surface area contributed by atoms with Crippen LogP contribution in [0.2, 0.25) is 0 Å². The van der Waals surface area contributed by atoms with Crippen LogP contribution in [0, 0.1) is 11.3 Å². The normalized spacial score (nSPS) is 35.3. The average molecular weight is 324 g/mol. The van der Waals surface area contributed by atoms with Crippen molar-refractivity contribution in [3.05, 3.63) is 0 Å². The van der Waals surface area contributed by atoms with Gasteiger partial charge >= 0.3 is 6.03 Å². The lowest BCUT2D eigenvalue weighted by Crippen LogP contribution is -2.65. The Hall–Kier alpha value is -0.810. The highest BCUT2D eigenvalue weighted by molar-refractivity contribution is 5.74. The van der Waals surface area contributed by atoms with Gasteiger partial charge in [-0.1, -0.05) is 19.3 Å². The first kappa shape index (κ1) is 17.0. The highest BCUT2D eigenvalue weighted by Crippen LogP contribution is 2.54. The summed E-state index contributed by atoms with van der Waals surface area (Å²) in [6.07, 6.45) is 8.85. The van der Waals surface area contributed by atoms with Crippen LogP contribution in [0.5, 0.6) is 0 Å². The molecule has 5 heteroatoms. The third-order valence-corrected chi connectivity index (χ3v) is 6.46. The monoisotopic (exact) mass is 324 g/mol. The summed E-state index contributed by atoms with van der Waals surface area (Å²) in [6, 6.07) is 0.264. The molecule has 0 saturated heterocycles. The summed E-state index contributed by atoms with van der Waals surface area (Å²) in [6.45, 7) is 3.46. The molecule has 4 atom stereocenters. The van der Waals surface area contributed by atoms with Crippen LogP contribution in [-0.2, 0) is 4.74 Å². The van der Waals surface area contributed by atoms with Crippen molar-refractivity contribution >= 4 is 6.03 Å². The topological polar surface area (TPSA) is 61.8 Å². The van der Waals surface area contributed by atoms with Gasteiger partial charge in [0.15, 0.2) is 0 Å². The zero-order chi connectivity index (χ0) is 16.4. The van der Waals surface area contributed by atoms with Crippen LogP contribution in [0.4, 0.5) is 4.79 Å². The summed E-state index contributed by atoms with van der Waals surface area (Å²) in [5, 5.41) is 13.2. The molecule has 0 aliphatic heterocycles. The summed E-state index contributed by atoms with van der Waals surface area (Å²) in [7, 11) is 1.85. The van der Waals surface area contributed by atoms with Crippen molar-refractivity contribution in [3.8, 4) is 0 Å². The van der Waals surface area contributed by atoms with E-state index in [0.29, 0.717) is 12.6 Å². The highest BCUT2D eigenvalue weighted by atomic mass is 16.5. The number of aliphatic hydroxyl groups is 1. The molecule has 1 spiro atoms. The number of urea groups is 1. The third-order valence-electron chi connectivity index (χ3n) is 6.46. The summed E-state index contributed by atoms with van der Waals surface area (Å²) < 4.78 is 5.91. The molecule has 3 saturated carbocycles. The van der Waals surface area contributed by atoms with Gasteiger partial charge in [-0.2, -0.15) is 0 Å². The van der Waals surface area contributed by atoms with E-state index in [2.05, 4.69) is 12.2 Å². The Morgan fingerprint density at radius 1 is 1.30 bits per heavy atom. The molecule has 0 aromatic rings. The van der Waals surface area contributed by atoms with E-state index < -0.39 is 0 Å². The molecule has 0 aromatic heterocycles. The van der Waals surface area contributed by atoms with E-state index in [4.69, 9.17) is 4.74 Å². The van der Waals surface area contributed by atoms with Crippen LogP contribution >= 0.6 is 0 Å². The van der Waals surface area contributed by atoms with E-state index in [1.54, 1.807) is 4.90 Å². The van der Waals surface area contributed by atoms with Crippen LogP contribution in [-0.4, -0.2) is 54.5 Å². The first-order valence-electron chi connectivity index (χ1n) is 9.38. The molecule has 3 fully saturated rings. The van der Waals surface area contributed by atoms with E-state index in [-0.39, 0.29) is 29.5 Å².